The highest BCUT2D eigenvalue weighted by Gasteiger charge is 2.11. The maximum atomic E-state index is 5.11. The zero-order valence-corrected chi connectivity index (χ0v) is 7.35. The minimum absolute atomic E-state index is 0.440. The maximum Gasteiger partial charge on any atom is 0.180 e. The highest BCUT2D eigenvalue weighted by molar-refractivity contribution is 5.74. The SMILES string of the molecule is CC.CCC1COC(C)=N1. The van der Waals surface area contributed by atoms with Gasteiger partial charge in [-0.05, 0) is 6.42 Å². The molecule has 1 rings (SSSR count). The van der Waals surface area contributed by atoms with E-state index in [-0.39, 0.29) is 0 Å². The van der Waals surface area contributed by atoms with Crippen LogP contribution in [0.3, 0.4) is 0 Å². The van der Waals surface area contributed by atoms with Gasteiger partial charge in [0.15, 0.2) is 5.90 Å². The van der Waals surface area contributed by atoms with Crippen molar-refractivity contribution in [1.82, 2.24) is 0 Å². The van der Waals surface area contributed by atoms with Crippen LogP contribution >= 0.6 is 0 Å². The molecule has 0 saturated carbocycles. The van der Waals surface area contributed by atoms with Crippen molar-refractivity contribution in [2.75, 3.05) is 6.61 Å². The van der Waals surface area contributed by atoms with E-state index in [1.807, 2.05) is 20.8 Å². The van der Waals surface area contributed by atoms with Crippen molar-refractivity contribution in [3.8, 4) is 0 Å². The molecule has 0 radical (unpaired) electrons. The van der Waals surface area contributed by atoms with Gasteiger partial charge in [-0.15, -0.1) is 0 Å². The predicted molar refractivity (Wildman–Crippen MR) is 44.5 cm³/mol. The Morgan fingerprint density at radius 2 is 2.20 bits per heavy atom. The van der Waals surface area contributed by atoms with Gasteiger partial charge in [0.05, 0.1) is 6.04 Å². The summed E-state index contributed by atoms with van der Waals surface area (Å²) in [6.07, 6.45) is 1.09. The quantitative estimate of drug-likeness (QED) is 0.551. The third-order valence-electron chi connectivity index (χ3n) is 1.32. The van der Waals surface area contributed by atoms with Crippen LogP contribution < -0.4 is 0 Å². The Balaban J connectivity index is 0.000000371. The van der Waals surface area contributed by atoms with Crippen molar-refractivity contribution in [3.05, 3.63) is 0 Å². The highest BCUT2D eigenvalue weighted by Crippen LogP contribution is 2.06. The lowest BCUT2D eigenvalue weighted by molar-refractivity contribution is 0.312. The fraction of sp³-hybridized carbons (Fsp3) is 0.875. The zero-order chi connectivity index (χ0) is 7.98. The molecule has 0 bridgehead atoms. The first-order valence-corrected chi connectivity index (χ1v) is 4.00. The fourth-order valence-corrected chi connectivity index (χ4v) is 0.758. The molecule has 0 aromatic rings. The Morgan fingerprint density at radius 3 is 2.40 bits per heavy atom. The van der Waals surface area contributed by atoms with E-state index < -0.39 is 0 Å². The standard InChI is InChI=1S/C6H11NO.C2H6/c1-3-6-4-8-5(2)7-6;1-2/h6H,3-4H2,1-2H3;1-2H3. The van der Waals surface area contributed by atoms with E-state index in [9.17, 15) is 0 Å². The van der Waals surface area contributed by atoms with Crippen molar-refractivity contribution >= 4 is 5.90 Å². The summed E-state index contributed by atoms with van der Waals surface area (Å²) >= 11 is 0. The Hall–Kier alpha value is -0.530. The van der Waals surface area contributed by atoms with Gasteiger partial charge in [0.1, 0.15) is 6.61 Å². The van der Waals surface area contributed by atoms with E-state index in [1.165, 1.54) is 0 Å². The number of aliphatic imine (C=N–C) groups is 1. The zero-order valence-electron chi connectivity index (χ0n) is 7.35. The lowest BCUT2D eigenvalue weighted by atomic mass is 10.3. The molecular formula is C8H17NO. The van der Waals surface area contributed by atoms with E-state index in [0.717, 1.165) is 18.9 Å². The summed E-state index contributed by atoms with van der Waals surface area (Å²) in [6.45, 7) is 8.81. The summed E-state index contributed by atoms with van der Waals surface area (Å²) in [7, 11) is 0. The van der Waals surface area contributed by atoms with Gasteiger partial charge >= 0.3 is 0 Å². The predicted octanol–water partition coefficient (Wildman–Crippen LogP) is 2.24. The number of ether oxygens (including phenoxy) is 1. The van der Waals surface area contributed by atoms with Crippen molar-refractivity contribution in [1.29, 1.82) is 0 Å². The molecule has 0 N–H and O–H groups in total. The van der Waals surface area contributed by atoms with Gasteiger partial charge in [0.25, 0.3) is 0 Å². The number of nitrogens with zero attached hydrogens (tertiary/aromatic N) is 1. The van der Waals surface area contributed by atoms with Crippen molar-refractivity contribution in [2.45, 2.75) is 40.2 Å². The van der Waals surface area contributed by atoms with Crippen LogP contribution in [0, 0.1) is 0 Å². The average molecular weight is 143 g/mol. The first-order chi connectivity index (χ1) is 4.83. The third-order valence-corrected chi connectivity index (χ3v) is 1.32. The molecule has 0 aromatic carbocycles. The Bertz CT molecular complexity index is 110. The molecule has 0 fully saturated rings. The van der Waals surface area contributed by atoms with Gasteiger partial charge in [-0.3, -0.25) is 0 Å². The Labute approximate surface area is 63.3 Å². The lowest BCUT2D eigenvalue weighted by Gasteiger charge is -1.95. The van der Waals surface area contributed by atoms with Gasteiger partial charge in [-0.25, -0.2) is 4.99 Å². The van der Waals surface area contributed by atoms with E-state index in [2.05, 4.69) is 11.9 Å². The second-order valence-electron chi connectivity index (χ2n) is 2.02. The number of hydrogen-bond acceptors (Lipinski definition) is 2. The summed E-state index contributed by atoms with van der Waals surface area (Å²) in [4.78, 5) is 4.20. The van der Waals surface area contributed by atoms with Crippen molar-refractivity contribution in [2.24, 2.45) is 4.99 Å². The van der Waals surface area contributed by atoms with Gasteiger partial charge < -0.3 is 4.74 Å². The van der Waals surface area contributed by atoms with Crippen molar-refractivity contribution < 1.29 is 4.74 Å². The molecule has 1 unspecified atom stereocenters. The number of rotatable bonds is 1. The van der Waals surface area contributed by atoms with Gasteiger partial charge in [0, 0.05) is 6.92 Å². The molecular weight excluding hydrogens is 126 g/mol. The van der Waals surface area contributed by atoms with Gasteiger partial charge in [-0.2, -0.15) is 0 Å². The molecule has 60 valence electrons. The third kappa shape index (κ3) is 2.85. The van der Waals surface area contributed by atoms with E-state index in [4.69, 9.17) is 4.74 Å². The van der Waals surface area contributed by atoms with Crippen LogP contribution in [0.2, 0.25) is 0 Å². The largest absolute Gasteiger partial charge is 0.479 e. The van der Waals surface area contributed by atoms with Crippen LogP contribution in [0.1, 0.15) is 34.1 Å². The number of hydrogen-bond donors (Lipinski definition) is 0. The van der Waals surface area contributed by atoms with Gasteiger partial charge in [0.2, 0.25) is 0 Å². The average Bonchev–Trinajstić information content (AvgIpc) is 2.40. The molecule has 1 atom stereocenters. The Kier molecular flexibility index (Phi) is 4.99. The van der Waals surface area contributed by atoms with Crippen LogP contribution in [0.15, 0.2) is 4.99 Å². The molecule has 0 spiro atoms. The topological polar surface area (TPSA) is 21.6 Å². The smallest absolute Gasteiger partial charge is 0.180 e. The molecule has 0 saturated heterocycles. The van der Waals surface area contributed by atoms with E-state index >= 15 is 0 Å². The molecule has 1 heterocycles. The normalized spacial score (nSPS) is 22.4. The minimum Gasteiger partial charge on any atom is -0.479 e. The van der Waals surface area contributed by atoms with E-state index in [0.29, 0.717) is 6.04 Å². The van der Waals surface area contributed by atoms with Gasteiger partial charge in [-0.1, -0.05) is 20.8 Å². The molecule has 1 aliphatic rings. The molecule has 2 nitrogen and oxygen atoms in total. The second-order valence-corrected chi connectivity index (χ2v) is 2.02. The summed E-state index contributed by atoms with van der Waals surface area (Å²) in [5.74, 6) is 0.844. The highest BCUT2D eigenvalue weighted by atomic mass is 16.5. The summed E-state index contributed by atoms with van der Waals surface area (Å²) < 4.78 is 5.11. The summed E-state index contributed by atoms with van der Waals surface area (Å²) in [5.41, 5.74) is 0. The first-order valence-electron chi connectivity index (χ1n) is 4.00. The van der Waals surface area contributed by atoms with Crippen LogP contribution in [0.25, 0.3) is 0 Å². The van der Waals surface area contributed by atoms with Crippen molar-refractivity contribution in [3.63, 3.8) is 0 Å². The monoisotopic (exact) mass is 143 g/mol. The molecule has 0 amide bonds. The molecule has 0 aliphatic carbocycles. The summed E-state index contributed by atoms with van der Waals surface area (Å²) in [6, 6.07) is 0.440. The second kappa shape index (κ2) is 5.27. The lowest BCUT2D eigenvalue weighted by Crippen LogP contribution is -2.02. The van der Waals surface area contributed by atoms with Crippen LogP contribution in [-0.2, 0) is 4.74 Å². The fourth-order valence-electron chi connectivity index (χ4n) is 0.758. The molecule has 10 heavy (non-hydrogen) atoms. The minimum atomic E-state index is 0.440. The first kappa shape index (κ1) is 9.47. The van der Waals surface area contributed by atoms with Crippen LogP contribution in [0.5, 0.6) is 0 Å². The van der Waals surface area contributed by atoms with E-state index in [1.54, 1.807) is 0 Å². The molecule has 1 aliphatic heterocycles. The Morgan fingerprint density at radius 1 is 1.60 bits per heavy atom. The maximum absolute atomic E-state index is 5.11. The van der Waals surface area contributed by atoms with Crippen LogP contribution in [0.4, 0.5) is 0 Å². The van der Waals surface area contributed by atoms with Crippen LogP contribution in [-0.4, -0.2) is 18.5 Å². The molecule has 0 aromatic heterocycles. The molecule has 2 heteroatoms. The summed E-state index contributed by atoms with van der Waals surface area (Å²) in [5, 5.41) is 0.